The number of hydrogen-bond acceptors (Lipinski definition) is 24. The van der Waals surface area contributed by atoms with Crippen molar-refractivity contribution in [2.24, 2.45) is 28.6 Å². The first-order valence-electron chi connectivity index (χ1n) is 35.7. The quantitative estimate of drug-likeness (QED) is 0.0199. The number of hydrogen-bond donors (Lipinski definition) is 7. The van der Waals surface area contributed by atoms with Crippen LogP contribution in [0, 0.1) is 28.6 Å². The number of nitrogens with one attached hydrogen (secondary N) is 6. The van der Waals surface area contributed by atoms with E-state index in [4.69, 9.17) is 77.9 Å². The molecule has 0 saturated heterocycles. The number of halogens is 2. The monoisotopic (exact) mass is 1540 g/mol. The summed E-state index contributed by atoms with van der Waals surface area (Å²) in [6.45, 7) is 20.9. The molecule has 3 aliphatic carbocycles. The first-order valence-corrected chi connectivity index (χ1v) is 37.3. The van der Waals surface area contributed by atoms with Crippen LogP contribution < -0.4 is 31.9 Å². The lowest BCUT2D eigenvalue weighted by molar-refractivity contribution is -0.194. The summed E-state index contributed by atoms with van der Waals surface area (Å²) >= 11 is 9.79. The van der Waals surface area contributed by atoms with Gasteiger partial charge in [0.1, 0.15) is 37.5 Å². The number of allylic oxidation sites excluding steroid dienone is 4. The van der Waals surface area contributed by atoms with Crippen molar-refractivity contribution in [1.82, 2.24) is 31.9 Å². The summed E-state index contributed by atoms with van der Waals surface area (Å²) in [7, 11) is 1.63. The second kappa shape index (κ2) is 53.1. The number of aliphatic hydroxyl groups is 1. The van der Waals surface area contributed by atoms with Crippen molar-refractivity contribution in [2.45, 2.75) is 149 Å². The third kappa shape index (κ3) is 34.7. The molecule has 0 aromatic rings. The number of ketones is 2. The van der Waals surface area contributed by atoms with Gasteiger partial charge < -0.3 is 103 Å². The Kier molecular flexibility index (Phi) is 47.7. The molecule has 6 amide bonds. The molecule has 0 radical (unpaired) electrons. The van der Waals surface area contributed by atoms with Crippen LogP contribution in [0.1, 0.15) is 113 Å². The first-order chi connectivity index (χ1) is 49.0. The van der Waals surface area contributed by atoms with E-state index >= 15 is 0 Å². The maximum Gasteiger partial charge on any atom is 0.306 e. The molecule has 2 fully saturated rings. The van der Waals surface area contributed by atoms with E-state index in [2.05, 4.69) is 47.8 Å². The van der Waals surface area contributed by atoms with Crippen LogP contribution >= 0.6 is 27.5 Å². The van der Waals surface area contributed by atoms with Crippen LogP contribution in [-0.4, -0.2) is 284 Å². The van der Waals surface area contributed by atoms with Gasteiger partial charge in [0, 0.05) is 49.1 Å². The summed E-state index contributed by atoms with van der Waals surface area (Å²) in [5.41, 5.74) is -2.54. The van der Waals surface area contributed by atoms with E-state index in [9.17, 15) is 48.3 Å². The second-order valence-electron chi connectivity index (χ2n) is 25.8. The van der Waals surface area contributed by atoms with E-state index in [1.54, 1.807) is 20.1 Å². The Morgan fingerprint density at radius 3 is 1.53 bits per heavy atom. The molecular formula is C70H118BrClN6O24. The first kappa shape index (κ1) is 91.5. The van der Waals surface area contributed by atoms with E-state index in [0.29, 0.717) is 184 Å². The van der Waals surface area contributed by atoms with Crippen LogP contribution in [0.3, 0.4) is 0 Å². The van der Waals surface area contributed by atoms with Crippen molar-refractivity contribution in [3.05, 3.63) is 23.8 Å². The molecule has 7 N–H and O–H groups in total. The van der Waals surface area contributed by atoms with Crippen molar-refractivity contribution in [1.29, 1.82) is 0 Å². The molecule has 0 bridgehead atoms. The van der Waals surface area contributed by atoms with Crippen molar-refractivity contribution in [3.63, 3.8) is 0 Å². The minimum absolute atomic E-state index is 0.0167. The Morgan fingerprint density at radius 2 is 1.07 bits per heavy atom. The number of alkyl halides is 2. The van der Waals surface area contributed by atoms with Crippen molar-refractivity contribution in [2.75, 3.05) is 190 Å². The highest BCUT2D eigenvalue weighted by molar-refractivity contribution is 9.09. The number of aliphatic hydroxyl groups excluding tert-OH is 1. The summed E-state index contributed by atoms with van der Waals surface area (Å²) in [5.74, 6) is -5.46. The standard InChI is InChI=1S/C70H118BrClN6O24/c1-9-63(84)102-70(50(2)42-58-54(47-72)13-14-55-43-56(79)15-17-68(55,6)44-57(80)45-69(58,70)7)60(81)48-101-49-74-64(85)51(3)75-65(86)52(4)76-66(87)53(5)77-67(88)59(78-62(83)46-71)12-10-11-18-73-61(82)16-19-90-22-23-92-26-27-94-30-31-96-34-35-98-38-39-100-41-40-99-37-36-97-33-32-95-29-28-93-25-24-91-21-20-89-8/h15,17,43,50-54,57-59,80H,9-14,16,18-42,44-49H2,1-8H3,(H,73,82)(H,74,85)(H,75,86)(H,76,87)(H,77,88)(H,78,83)/t50-,51-,52-,53-,54+,57+,58-,59-,68+,69-,70?/m0/s1. The molecule has 2 saturated carbocycles. The smallest absolute Gasteiger partial charge is 0.306 e. The lowest BCUT2D eigenvalue weighted by Gasteiger charge is -2.50. The lowest BCUT2D eigenvalue weighted by atomic mass is 9.59. The average molecular weight is 1540 g/mol. The molecule has 0 aliphatic heterocycles. The molecule has 0 aromatic heterocycles. The van der Waals surface area contributed by atoms with Crippen molar-refractivity contribution in [3.8, 4) is 0 Å². The van der Waals surface area contributed by atoms with Crippen molar-refractivity contribution < 1.29 is 115 Å². The molecule has 30 nitrogen and oxygen atoms in total. The van der Waals surface area contributed by atoms with Crippen LogP contribution in [0.5, 0.6) is 0 Å². The number of ether oxygens (including phenoxy) is 14. The minimum atomic E-state index is -1.73. The number of fused-ring (bicyclic) bond motifs is 2. The fraction of sp³-hybridized carbons (Fsp3) is 0.814. The Balaban J connectivity index is 1.22. The summed E-state index contributed by atoms with van der Waals surface area (Å²) in [6.07, 6.45) is 7.16. The van der Waals surface area contributed by atoms with E-state index < -0.39 is 107 Å². The van der Waals surface area contributed by atoms with Gasteiger partial charge >= 0.3 is 5.97 Å². The minimum Gasteiger partial charge on any atom is -0.450 e. The lowest BCUT2D eigenvalue weighted by Crippen LogP contribution is -2.60. The zero-order valence-corrected chi connectivity index (χ0v) is 63.7. The van der Waals surface area contributed by atoms with Gasteiger partial charge in [-0.25, -0.2) is 0 Å². The van der Waals surface area contributed by atoms with Crippen LogP contribution in [0.2, 0.25) is 0 Å². The topological polar surface area (TPSA) is 375 Å². The van der Waals surface area contributed by atoms with Gasteiger partial charge in [-0.05, 0) is 96.1 Å². The molecule has 0 spiro atoms. The van der Waals surface area contributed by atoms with Crippen LogP contribution in [0.25, 0.3) is 0 Å². The van der Waals surface area contributed by atoms with Gasteiger partial charge in [0.15, 0.2) is 11.4 Å². The number of Topliss-reactive ketones (excluding diaryl/α,β-unsaturated/α-hetero) is 1. The van der Waals surface area contributed by atoms with E-state index in [1.165, 1.54) is 26.8 Å². The molecular weight excluding hydrogens is 1420 g/mol. The van der Waals surface area contributed by atoms with E-state index in [1.807, 2.05) is 26.8 Å². The molecule has 3 rings (SSSR count). The number of carbonyl (C=O) groups excluding carboxylic acids is 9. The maximum atomic E-state index is 14.7. The van der Waals surface area contributed by atoms with Crippen LogP contribution in [0.15, 0.2) is 23.8 Å². The van der Waals surface area contributed by atoms with Gasteiger partial charge in [0.25, 0.3) is 0 Å². The van der Waals surface area contributed by atoms with Gasteiger partial charge in [-0.15, -0.1) is 11.6 Å². The second-order valence-corrected chi connectivity index (χ2v) is 26.7. The molecule has 0 aromatic carbocycles. The predicted molar refractivity (Wildman–Crippen MR) is 378 cm³/mol. The normalized spacial score (nSPS) is 22.2. The summed E-state index contributed by atoms with van der Waals surface area (Å²) in [4.78, 5) is 118. The van der Waals surface area contributed by atoms with Gasteiger partial charge in [-0.1, -0.05) is 55.3 Å². The molecule has 586 valence electrons. The predicted octanol–water partition coefficient (Wildman–Crippen LogP) is 2.76. The third-order valence-corrected chi connectivity index (χ3v) is 18.9. The largest absolute Gasteiger partial charge is 0.450 e. The van der Waals surface area contributed by atoms with Crippen LogP contribution in [0.4, 0.5) is 0 Å². The number of unbranched alkanes of at least 4 members (excludes halogenated alkanes) is 1. The van der Waals surface area contributed by atoms with Gasteiger partial charge in [-0.3, -0.25) is 43.2 Å². The summed E-state index contributed by atoms with van der Waals surface area (Å²) in [6, 6.07) is -4.50. The van der Waals surface area contributed by atoms with Gasteiger partial charge in [0.2, 0.25) is 41.2 Å². The maximum absolute atomic E-state index is 14.7. The fourth-order valence-electron chi connectivity index (χ4n) is 12.5. The Bertz CT molecular complexity index is 2550. The summed E-state index contributed by atoms with van der Waals surface area (Å²) < 4.78 is 77.2. The molecule has 1 unspecified atom stereocenters. The molecule has 11 atom stereocenters. The number of methoxy groups -OCH3 is 1. The van der Waals surface area contributed by atoms with Crippen molar-refractivity contribution >= 4 is 80.5 Å². The molecule has 32 heteroatoms. The zero-order valence-electron chi connectivity index (χ0n) is 61.3. The Labute approximate surface area is 615 Å². The number of esters is 1. The Hall–Kier alpha value is -4.68. The highest BCUT2D eigenvalue weighted by atomic mass is 79.9. The molecule has 3 aliphatic rings. The van der Waals surface area contributed by atoms with Gasteiger partial charge in [-0.2, -0.15) is 0 Å². The van der Waals surface area contributed by atoms with Gasteiger partial charge in [0.05, 0.1) is 163 Å². The number of rotatable bonds is 58. The fourth-order valence-corrected chi connectivity index (χ4v) is 13.0. The molecule has 0 heterocycles. The SMILES string of the molecule is CCC(=O)OC1(C(=O)COCNC(=O)[C@H](C)NC(=O)[C@H](C)NC(=O)[C@H](C)NC(=O)[C@H](CCCCNC(=O)CCOCCOCCOCCOCCOCCOCCOCCOCCOCCOCCOCCOC)NC(=O)CBr)[C@@H](C)C[C@H]2[C@@H](CCl)CCC3=CC(=O)C=C[C@]3(C)C[C@@H](O)C[C@@]21C. The Morgan fingerprint density at radius 1 is 0.608 bits per heavy atom. The zero-order chi connectivity index (χ0) is 75.0. The highest BCUT2D eigenvalue weighted by Gasteiger charge is 2.69. The van der Waals surface area contributed by atoms with Crippen LogP contribution in [-0.2, 0) is 109 Å². The third-order valence-electron chi connectivity index (χ3n) is 18.0. The van der Waals surface area contributed by atoms with E-state index in [0.717, 1.165) is 5.57 Å². The number of carbonyl (C=O) groups is 9. The van der Waals surface area contributed by atoms with E-state index in [-0.39, 0.29) is 73.4 Å². The highest BCUT2D eigenvalue weighted by Crippen LogP contribution is 2.62. The molecule has 102 heavy (non-hydrogen) atoms. The average Bonchev–Trinajstić information content (AvgIpc) is 1.54. The number of amides is 6. The summed E-state index contributed by atoms with van der Waals surface area (Å²) in [5, 5.41) is 27.4.